The quantitative estimate of drug-likeness (QED) is 0.757. The number of hydrogen-bond acceptors (Lipinski definition) is 2. The fourth-order valence-electron chi connectivity index (χ4n) is 1.12. The van der Waals surface area contributed by atoms with Crippen LogP contribution < -0.4 is 5.32 Å². The van der Waals surface area contributed by atoms with Crippen LogP contribution in [0.25, 0.3) is 0 Å². The third-order valence-electron chi connectivity index (χ3n) is 1.75. The van der Waals surface area contributed by atoms with Crippen molar-refractivity contribution in [1.82, 2.24) is 5.32 Å². The second-order valence-electron chi connectivity index (χ2n) is 2.89. The second-order valence-corrected chi connectivity index (χ2v) is 3.88. The van der Waals surface area contributed by atoms with Crippen LogP contribution in [0.5, 0.6) is 0 Å². The van der Waals surface area contributed by atoms with Crippen molar-refractivity contribution < 1.29 is 18.3 Å². The van der Waals surface area contributed by atoms with Crippen LogP contribution in [0.15, 0.2) is 0 Å². The molecule has 1 rings (SSSR count). The summed E-state index contributed by atoms with van der Waals surface area (Å²) in [6.45, 7) is 0.950. The third-order valence-corrected chi connectivity index (χ3v) is 2.11. The number of carbonyl (C=O) groups excluding carboxylic acids is 1. The first-order valence-electron chi connectivity index (χ1n) is 3.95. The van der Waals surface area contributed by atoms with Crippen LogP contribution in [-0.2, 0) is 9.53 Å². The molecule has 0 aromatic heterocycles. The molecule has 0 bridgehead atoms. The number of alkyl halides is 3. The first-order valence-corrected chi connectivity index (χ1v) is 4.75. The summed E-state index contributed by atoms with van der Waals surface area (Å²) in [5.41, 5.74) is 0. The smallest absolute Gasteiger partial charge is 0.377 e. The minimum absolute atomic E-state index is 0.287. The highest BCUT2D eigenvalue weighted by Gasteiger charge is 2.36. The van der Waals surface area contributed by atoms with Crippen LogP contribution in [0.1, 0.15) is 12.8 Å². The zero-order valence-electron chi connectivity index (χ0n) is 6.86. The summed E-state index contributed by atoms with van der Waals surface area (Å²) in [6.07, 6.45) is 1.48. The molecule has 1 aliphatic rings. The van der Waals surface area contributed by atoms with Gasteiger partial charge in [-0.05, 0) is 12.8 Å². The fourth-order valence-corrected chi connectivity index (χ4v) is 1.24. The van der Waals surface area contributed by atoms with Gasteiger partial charge < -0.3 is 10.1 Å². The lowest BCUT2D eigenvalue weighted by atomic mass is 10.1. The van der Waals surface area contributed by atoms with E-state index < -0.39 is 10.7 Å². The van der Waals surface area contributed by atoms with Gasteiger partial charge in [-0.3, -0.25) is 4.79 Å². The molecule has 0 aliphatic carbocycles. The Hall–Kier alpha value is -0.230. The maximum Gasteiger partial charge on any atom is 0.377 e. The minimum atomic E-state index is -3.48. The van der Waals surface area contributed by atoms with Gasteiger partial charge in [-0.25, -0.2) is 0 Å². The van der Waals surface area contributed by atoms with Gasteiger partial charge in [0.2, 0.25) is 0 Å². The zero-order valence-corrected chi connectivity index (χ0v) is 8.44. The van der Waals surface area contributed by atoms with Crippen molar-refractivity contribution in [2.24, 2.45) is 0 Å². The van der Waals surface area contributed by atoms with Gasteiger partial charge >= 0.3 is 10.7 Å². The van der Waals surface area contributed by atoms with E-state index in [0.29, 0.717) is 19.6 Å². The molecule has 0 aromatic carbocycles. The van der Waals surface area contributed by atoms with Gasteiger partial charge in [0.15, 0.2) is 0 Å². The number of rotatable bonds is 2. The van der Waals surface area contributed by atoms with Crippen molar-refractivity contribution in [3.8, 4) is 0 Å². The molecule has 0 saturated carbocycles. The first kappa shape index (κ1) is 10.8. The van der Waals surface area contributed by atoms with E-state index in [4.69, 9.17) is 4.74 Å². The van der Waals surface area contributed by atoms with Crippen molar-refractivity contribution in [1.29, 1.82) is 0 Å². The van der Waals surface area contributed by atoms with E-state index >= 15 is 0 Å². The van der Waals surface area contributed by atoms with Crippen molar-refractivity contribution >= 4 is 21.8 Å². The van der Waals surface area contributed by atoms with Gasteiger partial charge in [-0.15, -0.1) is 0 Å². The van der Waals surface area contributed by atoms with Crippen LogP contribution >= 0.6 is 15.9 Å². The SMILES string of the molecule is O=C(NC1CCCOC1)C(F)(F)Br. The molecule has 3 nitrogen and oxygen atoms in total. The number of nitrogens with one attached hydrogen (secondary N) is 1. The van der Waals surface area contributed by atoms with E-state index in [9.17, 15) is 13.6 Å². The predicted octanol–water partition coefficient (Wildman–Crippen LogP) is 1.27. The fraction of sp³-hybridized carbons (Fsp3) is 0.857. The second kappa shape index (κ2) is 4.32. The molecule has 1 amide bonds. The monoisotopic (exact) mass is 257 g/mol. The summed E-state index contributed by atoms with van der Waals surface area (Å²) in [5, 5.41) is 2.20. The molecule has 6 heteroatoms. The molecule has 1 heterocycles. The summed E-state index contributed by atoms with van der Waals surface area (Å²) in [7, 11) is 0. The first-order chi connectivity index (χ1) is 6.00. The topological polar surface area (TPSA) is 38.3 Å². The number of hydrogen-bond donors (Lipinski definition) is 1. The Labute approximate surface area is 82.9 Å². The summed E-state index contributed by atoms with van der Waals surface area (Å²) < 4.78 is 29.7. The van der Waals surface area contributed by atoms with E-state index in [1.54, 1.807) is 0 Å². The average molecular weight is 258 g/mol. The van der Waals surface area contributed by atoms with Gasteiger partial charge in [0.25, 0.3) is 0 Å². The van der Waals surface area contributed by atoms with Crippen molar-refractivity contribution in [2.45, 2.75) is 23.7 Å². The normalized spacial score (nSPS) is 24.1. The summed E-state index contributed by atoms with van der Waals surface area (Å²) in [6, 6.07) is -0.287. The van der Waals surface area contributed by atoms with E-state index in [2.05, 4.69) is 5.32 Å². The predicted molar refractivity (Wildman–Crippen MR) is 45.9 cm³/mol. The molecule has 0 aromatic rings. The molecule has 1 aliphatic heterocycles. The maximum absolute atomic E-state index is 12.3. The molecule has 13 heavy (non-hydrogen) atoms. The van der Waals surface area contributed by atoms with Crippen LogP contribution in [-0.4, -0.2) is 30.0 Å². The molecule has 1 N–H and O–H groups in total. The van der Waals surface area contributed by atoms with Crippen LogP contribution in [0, 0.1) is 0 Å². The molecule has 0 spiro atoms. The van der Waals surface area contributed by atoms with E-state index in [1.165, 1.54) is 0 Å². The van der Waals surface area contributed by atoms with Gasteiger partial charge in [-0.1, -0.05) is 0 Å². The standard InChI is InChI=1S/C7H10BrF2NO2/c8-7(9,10)6(12)11-5-2-1-3-13-4-5/h5H,1-4H2,(H,11,12). The van der Waals surface area contributed by atoms with E-state index in [1.807, 2.05) is 15.9 Å². The maximum atomic E-state index is 12.3. The minimum Gasteiger partial charge on any atom is -0.379 e. The van der Waals surface area contributed by atoms with Gasteiger partial charge in [0.05, 0.1) is 12.6 Å². The Morgan fingerprint density at radius 2 is 2.31 bits per heavy atom. The van der Waals surface area contributed by atoms with Crippen LogP contribution in [0.2, 0.25) is 0 Å². The lowest BCUT2D eigenvalue weighted by Crippen LogP contribution is -2.45. The summed E-state index contributed by atoms with van der Waals surface area (Å²) in [5.74, 6) is -1.30. The van der Waals surface area contributed by atoms with Crippen molar-refractivity contribution in [2.75, 3.05) is 13.2 Å². The Kier molecular flexibility index (Phi) is 3.61. The van der Waals surface area contributed by atoms with E-state index in [0.717, 1.165) is 6.42 Å². The Morgan fingerprint density at radius 1 is 1.62 bits per heavy atom. The van der Waals surface area contributed by atoms with Gasteiger partial charge in [0, 0.05) is 22.5 Å². The highest BCUT2D eigenvalue weighted by molar-refractivity contribution is 9.10. The molecule has 76 valence electrons. The molecule has 0 radical (unpaired) electrons. The Bertz CT molecular complexity index is 189. The molecular formula is C7H10BrF2NO2. The zero-order chi connectivity index (χ0) is 9.90. The van der Waals surface area contributed by atoms with E-state index in [-0.39, 0.29) is 6.04 Å². The molecule has 1 atom stereocenters. The lowest BCUT2D eigenvalue weighted by Gasteiger charge is -2.23. The highest BCUT2D eigenvalue weighted by Crippen LogP contribution is 2.22. The van der Waals surface area contributed by atoms with Crippen molar-refractivity contribution in [3.63, 3.8) is 0 Å². The highest BCUT2D eigenvalue weighted by atomic mass is 79.9. The number of amides is 1. The molecule has 1 fully saturated rings. The summed E-state index contributed by atoms with van der Waals surface area (Å²) in [4.78, 5) is 7.29. The van der Waals surface area contributed by atoms with Crippen molar-refractivity contribution in [3.05, 3.63) is 0 Å². The lowest BCUT2D eigenvalue weighted by molar-refractivity contribution is -0.135. The van der Waals surface area contributed by atoms with Crippen LogP contribution in [0.3, 0.4) is 0 Å². The molecule has 1 unspecified atom stereocenters. The van der Waals surface area contributed by atoms with Crippen LogP contribution in [0.4, 0.5) is 8.78 Å². The number of halogens is 3. The average Bonchev–Trinajstić information content (AvgIpc) is 2.04. The Morgan fingerprint density at radius 3 is 2.77 bits per heavy atom. The number of ether oxygens (including phenoxy) is 1. The molecular weight excluding hydrogens is 248 g/mol. The van der Waals surface area contributed by atoms with Gasteiger partial charge in [0.1, 0.15) is 0 Å². The molecule has 1 saturated heterocycles. The largest absolute Gasteiger partial charge is 0.379 e. The number of carbonyl (C=O) groups is 1. The van der Waals surface area contributed by atoms with Gasteiger partial charge in [-0.2, -0.15) is 8.78 Å². The third kappa shape index (κ3) is 3.56. The Balaban J connectivity index is 2.35. The summed E-state index contributed by atoms with van der Waals surface area (Å²) >= 11 is 1.98.